The molecule has 0 fully saturated rings. The van der Waals surface area contributed by atoms with E-state index in [9.17, 15) is 0 Å². The molecule has 3 aromatic heterocycles. The number of aromatic nitrogens is 6. The molecule has 1 aliphatic rings. The molecule has 0 amide bonds. The smallest absolute Gasteiger partial charge is 0.189 e. The standard InChI is InChI=1S/C20H25N7S/c1-12-9-22-13(10-21-12)11-23-17-7-15(24-19(25-17)28-4)18-14-5-6-20(2,3)8-16(14)26-27-18/h7,9-10H,5-6,8,11H2,1-4H3,(H,26,27)(H,23,24,25). The van der Waals surface area contributed by atoms with Gasteiger partial charge in [-0.25, -0.2) is 9.97 Å². The number of fused-ring (bicyclic) bond motifs is 1. The first-order valence-electron chi connectivity index (χ1n) is 9.44. The second-order valence-corrected chi connectivity index (χ2v) is 8.77. The Bertz CT molecular complexity index is 979. The maximum absolute atomic E-state index is 4.71. The summed E-state index contributed by atoms with van der Waals surface area (Å²) in [5, 5.41) is 11.9. The number of hydrogen-bond donors (Lipinski definition) is 2. The summed E-state index contributed by atoms with van der Waals surface area (Å²) in [4.78, 5) is 18.0. The van der Waals surface area contributed by atoms with Gasteiger partial charge in [-0.2, -0.15) is 5.10 Å². The van der Waals surface area contributed by atoms with Crippen molar-refractivity contribution in [1.82, 2.24) is 30.1 Å². The highest BCUT2D eigenvalue weighted by Gasteiger charge is 2.29. The average Bonchev–Trinajstić information content (AvgIpc) is 3.09. The number of aromatic amines is 1. The fourth-order valence-electron chi connectivity index (χ4n) is 3.48. The van der Waals surface area contributed by atoms with Crippen LogP contribution in [0.15, 0.2) is 23.6 Å². The van der Waals surface area contributed by atoms with Crippen LogP contribution >= 0.6 is 11.8 Å². The third kappa shape index (κ3) is 4.01. The topological polar surface area (TPSA) is 92.3 Å². The summed E-state index contributed by atoms with van der Waals surface area (Å²) in [5.41, 5.74) is 6.42. The molecule has 0 spiro atoms. The van der Waals surface area contributed by atoms with Crippen molar-refractivity contribution in [3.05, 3.63) is 41.1 Å². The van der Waals surface area contributed by atoms with Crippen LogP contribution in [0.4, 0.5) is 5.82 Å². The summed E-state index contributed by atoms with van der Waals surface area (Å²) >= 11 is 1.53. The van der Waals surface area contributed by atoms with Crippen LogP contribution in [0.25, 0.3) is 11.4 Å². The number of nitrogens with zero attached hydrogens (tertiary/aromatic N) is 5. The molecule has 0 saturated carbocycles. The third-order valence-corrected chi connectivity index (χ3v) is 5.62. The van der Waals surface area contributed by atoms with Gasteiger partial charge in [-0.15, -0.1) is 0 Å². The van der Waals surface area contributed by atoms with E-state index < -0.39 is 0 Å². The molecule has 0 bridgehead atoms. The second kappa shape index (κ2) is 7.50. The van der Waals surface area contributed by atoms with Gasteiger partial charge in [0.1, 0.15) is 11.5 Å². The van der Waals surface area contributed by atoms with E-state index in [-0.39, 0.29) is 0 Å². The average molecular weight is 396 g/mol. The van der Waals surface area contributed by atoms with Gasteiger partial charge in [0.2, 0.25) is 0 Å². The van der Waals surface area contributed by atoms with E-state index in [1.807, 2.05) is 19.2 Å². The van der Waals surface area contributed by atoms with Gasteiger partial charge in [0.15, 0.2) is 5.16 Å². The van der Waals surface area contributed by atoms with Crippen molar-refractivity contribution in [1.29, 1.82) is 0 Å². The first-order chi connectivity index (χ1) is 13.4. The van der Waals surface area contributed by atoms with E-state index in [1.54, 1.807) is 12.4 Å². The normalized spacial score (nSPS) is 15.3. The van der Waals surface area contributed by atoms with E-state index in [4.69, 9.17) is 4.98 Å². The fraction of sp³-hybridized carbons (Fsp3) is 0.450. The largest absolute Gasteiger partial charge is 0.364 e. The highest BCUT2D eigenvalue weighted by Crippen LogP contribution is 2.37. The molecule has 8 heteroatoms. The lowest BCUT2D eigenvalue weighted by molar-refractivity contribution is 0.312. The Balaban J connectivity index is 1.61. The Hall–Kier alpha value is -2.48. The van der Waals surface area contributed by atoms with Crippen LogP contribution in [0.5, 0.6) is 0 Å². The van der Waals surface area contributed by atoms with Crippen LogP contribution in [0.2, 0.25) is 0 Å². The molecular weight excluding hydrogens is 370 g/mol. The number of rotatable bonds is 5. The van der Waals surface area contributed by atoms with Crippen molar-refractivity contribution in [2.24, 2.45) is 5.41 Å². The minimum atomic E-state index is 0.314. The third-order valence-electron chi connectivity index (χ3n) is 5.08. The lowest BCUT2D eigenvalue weighted by Crippen LogP contribution is -2.22. The summed E-state index contributed by atoms with van der Waals surface area (Å²) in [7, 11) is 0. The van der Waals surface area contributed by atoms with E-state index in [0.29, 0.717) is 12.0 Å². The lowest BCUT2D eigenvalue weighted by Gasteiger charge is -2.29. The Morgan fingerprint density at radius 3 is 2.82 bits per heavy atom. The minimum Gasteiger partial charge on any atom is -0.364 e. The quantitative estimate of drug-likeness (QED) is 0.501. The summed E-state index contributed by atoms with van der Waals surface area (Å²) in [6.45, 7) is 7.10. The van der Waals surface area contributed by atoms with Gasteiger partial charge in [0, 0.05) is 23.5 Å². The molecule has 2 N–H and O–H groups in total. The van der Waals surface area contributed by atoms with Crippen LogP contribution in [0.1, 0.15) is 42.9 Å². The van der Waals surface area contributed by atoms with Gasteiger partial charge in [-0.1, -0.05) is 25.6 Å². The van der Waals surface area contributed by atoms with Gasteiger partial charge < -0.3 is 5.32 Å². The zero-order chi connectivity index (χ0) is 19.7. The Morgan fingerprint density at radius 1 is 1.21 bits per heavy atom. The van der Waals surface area contributed by atoms with Gasteiger partial charge in [0.05, 0.1) is 29.8 Å². The second-order valence-electron chi connectivity index (χ2n) is 8.00. The highest BCUT2D eigenvalue weighted by molar-refractivity contribution is 7.98. The maximum Gasteiger partial charge on any atom is 0.189 e. The van der Waals surface area contributed by atoms with E-state index in [2.05, 4.69) is 44.3 Å². The van der Waals surface area contributed by atoms with E-state index >= 15 is 0 Å². The number of thioether (sulfide) groups is 1. The summed E-state index contributed by atoms with van der Waals surface area (Å²) in [6, 6.07) is 1.97. The molecule has 0 radical (unpaired) electrons. The van der Waals surface area contributed by atoms with Crippen LogP contribution in [-0.2, 0) is 19.4 Å². The Labute approximate surface area is 169 Å². The zero-order valence-electron chi connectivity index (χ0n) is 16.7. The van der Waals surface area contributed by atoms with Crippen molar-refractivity contribution < 1.29 is 0 Å². The Morgan fingerprint density at radius 2 is 2.07 bits per heavy atom. The maximum atomic E-state index is 4.71. The first kappa shape index (κ1) is 18.9. The minimum absolute atomic E-state index is 0.314. The van der Waals surface area contributed by atoms with Gasteiger partial charge >= 0.3 is 0 Å². The summed E-state index contributed by atoms with van der Waals surface area (Å²) < 4.78 is 0. The molecule has 0 atom stereocenters. The summed E-state index contributed by atoms with van der Waals surface area (Å²) in [5.74, 6) is 0.768. The number of nitrogens with one attached hydrogen (secondary N) is 2. The molecule has 0 aromatic carbocycles. The molecule has 0 aliphatic heterocycles. The molecule has 0 unspecified atom stereocenters. The molecule has 3 aromatic rings. The number of anilines is 1. The van der Waals surface area contributed by atoms with Crippen molar-refractivity contribution in [3.8, 4) is 11.4 Å². The number of aryl methyl sites for hydroxylation is 1. The molecule has 146 valence electrons. The molecule has 3 heterocycles. The molecule has 7 nitrogen and oxygen atoms in total. The van der Waals surface area contributed by atoms with Crippen molar-refractivity contribution in [3.63, 3.8) is 0 Å². The van der Waals surface area contributed by atoms with Gasteiger partial charge in [0.25, 0.3) is 0 Å². The number of H-pyrrole nitrogens is 1. The fourth-order valence-corrected chi connectivity index (χ4v) is 3.86. The molecule has 0 saturated heterocycles. The summed E-state index contributed by atoms with van der Waals surface area (Å²) in [6.07, 6.45) is 8.74. The SMILES string of the molecule is CSc1nc(NCc2cnc(C)cn2)cc(-c2n[nH]c3c2CCC(C)(C)C3)n1. The van der Waals surface area contributed by atoms with Crippen LogP contribution in [-0.4, -0.2) is 36.4 Å². The monoisotopic (exact) mass is 395 g/mol. The molecular formula is C20H25N7S. The van der Waals surface area contributed by atoms with Gasteiger partial charge in [-0.3, -0.25) is 15.1 Å². The lowest BCUT2D eigenvalue weighted by atomic mass is 9.76. The van der Waals surface area contributed by atoms with E-state index in [0.717, 1.165) is 53.0 Å². The molecule has 28 heavy (non-hydrogen) atoms. The van der Waals surface area contributed by atoms with Crippen molar-refractivity contribution in [2.45, 2.75) is 51.7 Å². The van der Waals surface area contributed by atoms with Gasteiger partial charge in [-0.05, 0) is 37.9 Å². The molecule has 4 rings (SSSR count). The predicted octanol–water partition coefficient (Wildman–Crippen LogP) is 3.81. The van der Waals surface area contributed by atoms with E-state index in [1.165, 1.54) is 23.0 Å². The predicted molar refractivity (Wildman–Crippen MR) is 111 cm³/mol. The van der Waals surface area contributed by atoms with Crippen LogP contribution in [0, 0.1) is 12.3 Å². The highest BCUT2D eigenvalue weighted by atomic mass is 32.2. The van der Waals surface area contributed by atoms with Crippen molar-refractivity contribution in [2.75, 3.05) is 11.6 Å². The number of hydrogen-bond acceptors (Lipinski definition) is 7. The van der Waals surface area contributed by atoms with Crippen LogP contribution in [0.3, 0.4) is 0 Å². The zero-order valence-corrected chi connectivity index (χ0v) is 17.5. The Kier molecular flexibility index (Phi) is 5.05. The molecule has 1 aliphatic carbocycles. The van der Waals surface area contributed by atoms with Crippen LogP contribution < -0.4 is 5.32 Å². The van der Waals surface area contributed by atoms with Crippen molar-refractivity contribution >= 4 is 17.6 Å². The first-order valence-corrected chi connectivity index (χ1v) is 10.7.